The van der Waals surface area contributed by atoms with Gasteiger partial charge in [0, 0.05) is 15.8 Å². The Morgan fingerprint density at radius 2 is 2.25 bits per heavy atom. The van der Waals surface area contributed by atoms with Crippen LogP contribution < -0.4 is 0 Å². The Kier molecular flexibility index (Phi) is 5.66. The van der Waals surface area contributed by atoms with Crippen molar-refractivity contribution in [2.45, 2.75) is 25.8 Å². The van der Waals surface area contributed by atoms with Crippen molar-refractivity contribution in [1.82, 2.24) is 0 Å². The van der Waals surface area contributed by atoms with Crippen molar-refractivity contribution in [2.75, 3.05) is 7.11 Å². The molecule has 0 N–H and O–H groups in total. The lowest BCUT2D eigenvalue weighted by Crippen LogP contribution is -2.05. The smallest absolute Gasteiger partial charge is 0.294 e. The molecule has 0 aliphatic carbocycles. The third-order valence-corrected chi connectivity index (χ3v) is 2.81. The zero-order valence-electron chi connectivity index (χ0n) is 8.09. The third-order valence-electron chi connectivity index (χ3n) is 1.66. The van der Waals surface area contributed by atoms with E-state index in [2.05, 4.69) is 16.7 Å². The second kappa shape index (κ2) is 5.96. The molecular formula is C8H16O3Si. The highest BCUT2D eigenvalue weighted by Crippen LogP contribution is 2.10. The monoisotopic (exact) mass is 188 g/mol. The van der Waals surface area contributed by atoms with Gasteiger partial charge in [-0.15, -0.1) is 0 Å². The Morgan fingerprint density at radius 3 is 2.67 bits per heavy atom. The number of carbonyl (C=O) groups excluding carboxylic acids is 1. The molecule has 0 aromatic carbocycles. The highest BCUT2D eigenvalue weighted by Gasteiger charge is 2.06. The topological polar surface area (TPSA) is 35.5 Å². The van der Waals surface area contributed by atoms with Gasteiger partial charge in [-0.2, -0.15) is 4.89 Å². The van der Waals surface area contributed by atoms with Crippen LogP contribution in [0, 0.1) is 0 Å². The van der Waals surface area contributed by atoms with E-state index in [-0.39, 0.29) is 0 Å². The lowest BCUT2D eigenvalue weighted by molar-refractivity contribution is -0.250. The highest BCUT2D eigenvalue weighted by molar-refractivity contribution is 6.13. The van der Waals surface area contributed by atoms with Crippen molar-refractivity contribution in [1.29, 1.82) is 0 Å². The molecule has 0 radical (unpaired) electrons. The maximum Gasteiger partial charge on any atom is 0.368 e. The van der Waals surface area contributed by atoms with Gasteiger partial charge in [0.2, 0.25) is 0 Å². The molecule has 0 rings (SSSR count). The summed E-state index contributed by atoms with van der Waals surface area (Å²) >= 11 is 0. The van der Waals surface area contributed by atoms with Crippen LogP contribution in [0.2, 0.25) is 5.54 Å². The average Bonchev–Trinajstić information content (AvgIpc) is 2.04. The summed E-state index contributed by atoms with van der Waals surface area (Å²) in [6.45, 7) is 3.84. The van der Waals surface area contributed by atoms with E-state index in [9.17, 15) is 4.79 Å². The molecule has 70 valence electrons. The lowest BCUT2D eigenvalue weighted by Gasteiger charge is -2.03. The number of rotatable bonds is 4. The molecule has 0 aliphatic rings. The van der Waals surface area contributed by atoms with E-state index >= 15 is 0 Å². The molecule has 0 aliphatic heterocycles. The molecule has 0 fully saturated rings. The van der Waals surface area contributed by atoms with Crippen LogP contribution >= 0.6 is 0 Å². The number of carbonyl (C=O) groups is 1. The first-order valence-electron chi connectivity index (χ1n) is 4.05. The Balaban J connectivity index is 4.07. The van der Waals surface area contributed by atoms with Gasteiger partial charge in [0.15, 0.2) is 0 Å². The van der Waals surface area contributed by atoms with Crippen LogP contribution in [-0.2, 0) is 14.6 Å². The van der Waals surface area contributed by atoms with Crippen LogP contribution in [0.15, 0.2) is 11.6 Å². The first-order chi connectivity index (χ1) is 5.61. The van der Waals surface area contributed by atoms with Gasteiger partial charge in [-0.1, -0.05) is 19.4 Å². The third kappa shape index (κ3) is 4.30. The quantitative estimate of drug-likeness (QED) is 0.280. The molecule has 0 aromatic rings. The van der Waals surface area contributed by atoms with Crippen LogP contribution in [0.4, 0.5) is 0 Å². The van der Waals surface area contributed by atoms with Gasteiger partial charge in [0.25, 0.3) is 0 Å². The van der Waals surface area contributed by atoms with E-state index in [4.69, 9.17) is 0 Å². The molecule has 12 heavy (non-hydrogen) atoms. The largest absolute Gasteiger partial charge is 0.368 e. The summed E-state index contributed by atoms with van der Waals surface area (Å²) < 4.78 is 0. The van der Waals surface area contributed by atoms with Crippen LogP contribution in [-0.4, -0.2) is 23.3 Å². The van der Waals surface area contributed by atoms with E-state index in [0.29, 0.717) is 11.1 Å². The zero-order valence-corrected chi connectivity index (χ0v) is 10.1. The summed E-state index contributed by atoms with van der Waals surface area (Å²) in [5.41, 5.74) is 1.16. The van der Waals surface area contributed by atoms with Gasteiger partial charge < -0.3 is 0 Å². The fraction of sp³-hybridized carbons (Fsp3) is 0.625. The molecule has 0 aromatic heterocycles. The zero-order chi connectivity index (χ0) is 9.56. The lowest BCUT2D eigenvalue weighted by atomic mass is 10.2. The highest BCUT2D eigenvalue weighted by atomic mass is 28.1. The van der Waals surface area contributed by atoms with Crippen molar-refractivity contribution < 1.29 is 14.6 Å². The van der Waals surface area contributed by atoms with E-state index in [1.54, 1.807) is 6.92 Å². The van der Waals surface area contributed by atoms with Crippen LogP contribution in [0.3, 0.4) is 0 Å². The molecule has 0 saturated carbocycles. The minimum absolute atomic E-state index is 0.396. The molecule has 0 heterocycles. The Morgan fingerprint density at radius 1 is 1.67 bits per heavy atom. The normalized spacial score (nSPS) is 14.4. The first kappa shape index (κ1) is 11.4. The minimum Gasteiger partial charge on any atom is -0.294 e. The van der Waals surface area contributed by atoms with Crippen molar-refractivity contribution in [2.24, 2.45) is 0 Å². The maximum atomic E-state index is 11.0. The van der Waals surface area contributed by atoms with Gasteiger partial charge in [-0.3, -0.25) is 4.89 Å². The van der Waals surface area contributed by atoms with Crippen molar-refractivity contribution in [3.63, 3.8) is 0 Å². The van der Waals surface area contributed by atoms with Gasteiger partial charge in [0.1, 0.15) is 0 Å². The van der Waals surface area contributed by atoms with Crippen molar-refractivity contribution in [3.8, 4) is 0 Å². The molecule has 1 unspecified atom stereocenters. The van der Waals surface area contributed by atoms with Crippen LogP contribution in [0.5, 0.6) is 0 Å². The predicted octanol–water partition coefficient (Wildman–Crippen LogP) is 0.601. The Bertz CT molecular complexity index is 177. The van der Waals surface area contributed by atoms with Gasteiger partial charge in [-0.25, -0.2) is 4.79 Å². The predicted molar refractivity (Wildman–Crippen MR) is 50.8 cm³/mol. The minimum atomic E-state index is -0.396. The number of hydrogen-bond donors (Lipinski definition) is 0. The van der Waals surface area contributed by atoms with Crippen LogP contribution in [0.25, 0.3) is 0 Å². The molecule has 0 spiro atoms. The van der Waals surface area contributed by atoms with Gasteiger partial charge >= 0.3 is 5.97 Å². The van der Waals surface area contributed by atoms with E-state index in [1.807, 2.05) is 6.08 Å². The molecule has 0 amide bonds. The molecule has 0 saturated heterocycles. The summed E-state index contributed by atoms with van der Waals surface area (Å²) in [6.07, 6.45) is 3.01. The Labute approximate surface area is 76.1 Å². The second-order valence-corrected chi connectivity index (χ2v) is 4.26. The summed E-state index contributed by atoms with van der Waals surface area (Å²) in [5.74, 6) is -0.396. The molecular weight excluding hydrogens is 172 g/mol. The van der Waals surface area contributed by atoms with E-state index < -0.39 is 5.97 Å². The standard InChI is InChI=1S/C8H16O3Si/c1-4-7(12)5-6(2)8(9)11-10-3/h5,7H,4H2,1-3,12H3. The molecule has 4 heteroatoms. The molecule has 1 atom stereocenters. The van der Waals surface area contributed by atoms with Crippen LogP contribution in [0.1, 0.15) is 20.3 Å². The number of hydrogen-bond acceptors (Lipinski definition) is 3. The fourth-order valence-corrected chi connectivity index (χ4v) is 1.25. The second-order valence-electron chi connectivity index (χ2n) is 2.77. The molecule has 0 bridgehead atoms. The molecule has 3 nitrogen and oxygen atoms in total. The summed E-state index contributed by atoms with van der Waals surface area (Å²) in [4.78, 5) is 19.6. The van der Waals surface area contributed by atoms with Crippen molar-refractivity contribution in [3.05, 3.63) is 11.6 Å². The van der Waals surface area contributed by atoms with E-state index in [0.717, 1.165) is 16.7 Å². The fourth-order valence-electron chi connectivity index (χ4n) is 0.754. The summed E-state index contributed by atoms with van der Waals surface area (Å²) in [6, 6.07) is 0. The summed E-state index contributed by atoms with van der Waals surface area (Å²) in [5, 5.41) is 0. The number of allylic oxidation sites excluding steroid dienone is 1. The van der Waals surface area contributed by atoms with Gasteiger partial charge in [0.05, 0.1) is 7.11 Å². The average molecular weight is 188 g/mol. The summed E-state index contributed by atoms with van der Waals surface area (Å²) in [7, 11) is 2.39. The van der Waals surface area contributed by atoms with Gasteiger partial charge in [-0.05, 0) is 12.5 Å². The Hall–Kier alpha value is -0.613. The maximum absolute atomic E-state index is 11.0. The van der Waals surface area contributed by atoms with Crippen molar-refractivity contribution >= 4 is 16.2 Å². The SMILES string of the molecule is CCC([SiH3])C=C(C)C(=O)OOC. The first-order valence-corrected chi connectivity index (χ1v) is 5.20. The van der Waals surface area contributed by atoms with E-state index in [1.165, 1.54) is 7.11 Å².